The number of nitrogens with zero attached hydrogens (tertiary/aromatic N) is 7. The van der Waals surface area contributed by atoms with Crippen molar-refractivity contribution in [2.75, 3.05) is 0 Å². The summed E-state index contributed by atoms with van der Waals surface area (Å²) in [6.07, 6.45) is 0. The summed E-state index contributed by atoms with van der Waals surface area (Å²) >= 11 is 2.86. The van der Waals surface area contributed by atoms with Crippen molar-refractivity contribution >= 4 is 28.1 Å². The largest absolute Gasteiger partial charge is 0.275 e. The third kappa shape index (κ3) is 3.13. The standard InChI is InChI=1S/C16H15N7OS2/c1-9-4-5-12(6-10(9)2)22-16(18-20-21-22)25-8-13-19-23-14(24)7-11(3)17-15(23)26-13/h4-7H,8H2,1-3H3. The van der Waals surface area contributed by atoms with Crippen molar-refractivity contribution < 1.29 is 0 Å². The molecule has 1 aromatic carbocycles. The maximum Gasteiger partial charge on any atom is 0.275 e. The molecule has 0 aliphatic heterocycles. The van der Waals surface area contributed by atoms with Gasteiger partial charge in [-0.3, -0.25) is 4.79 Å². The normalized spacial score (nSPS) is 11.3. The fraction of sp³-hybridized carbons (Fsp3) is 0.250. The fourth-order valence-corrected chi connectivity index (χ4v) is 4.25. The number of aryl methyl sites for hydroxylation is 3. The van der Waals surface area contributed by atoms with Crippen molar-refractivity contribution in [1.82, 2.24) is 34.8 Å². The molecule has 0 atom stereocenters. The second-order valence-corrected chi connectivity index (χ2v) is 7.84. The quantitative estimate of drug-likeness (QED) is 0.498. The Morgan fingerprint density at radius 2 is 2.00 bits per heavy atom. The SMILES string of the molecule is Cc1cc(=O)n2nc(CSc3nnnn3-c3ccc(C)c(C)c3)sc2n1. The van der Waals surface area contributed by atoms with E-state index in [2.05, 4.69) is 51.6 Å². The van der Waals surface area contributed by atoms with Crippen molar-refractivity contribution in [2.24, 2.45) is 0 Å². The van der Waals surface area contributed by atoms with Crippen LogP contribution in [-0.2, 0) is 5.75 Å². The molecule has 0 radical (unpaired) electrons. The number of fused-ring (bicyclic) bond motifs is 1. The molecule has 0 saturated carbocycles. The minimum Gasteiger partial charge on any atom is -0.267 e. The number of rotatable bonds is 4. The van der Waals surface area contributed by atoms with Crippen molar-refractivity contribution in [2.45, 2.75) is 31.7 Å². The van der Waals surface area contributed by atoms with Gasteiger partial charge in [-0.05, 0) is 54.5 Å². The Morgan fingerprint density at radius 3 is 2.81 bits per heavy atom. The van der Waals surface area contributed by atoms with Crippen LogP contribution in [0.25, 0.3) is 10.6 Å². The molecule has 0 aliphatic carbocycles. The van der Waals surface area contributed by atoms with Crippen LogP contribution in [0.5, 0.6) is 0 Å². The van der Waals surface area contributed by atoms with Gasteiger partial charge in [-0.1, -0.05) is 29.2 Å². The second-order valence-electron chi connectivity index (χ2n) is 5.86. The van der Waals surface area contributed by atoms with E-state index >= 15 is 0 Å². The van der Waals surface area contributed by atoms with Gasteiger partial charge in [-0.15, -0.1) is 5.10 Å². The van der Waals surface area contributed by atoms with Gasteiger partial charge >= 0.3 is 0 Å². The van der Waals surface area contributed by atoms with Gasteiger partial charge in [0.05, 0.1) is 11.4 Å². The summed E-state index contributed by atoms with van der Waals surface area (Å²) in [7, 11) is 0. The van der Waals surface area contributed by atoms with Crippen LogP contribution < -0.4 is 5.56 Å². The van der Waals surface area contributed by atoms with E-state index in [9.17, 15) is 4.79 Å². The molecular weight excluding hydrogens is 370 g/mol. The lowest BCUT2D eigenvalue weighted by molar-refractivity contribution is 0.755. The zero-order valence-electron chi connectivity index (χ0n) is 14.4. The van der Waals surface area contributed by atoms with E-state index in [1.807, 2.05) is 6.07 Å². The van der Waals surface area contributed by atoms with Gasteiger partial charge in [0, 0.05) is 11.8 Å². The first-order valence-corrected chi connectivity index (χ1v) is 9.67. The Labute approximate surface area is 156 Å². The van der Waals surface area contributed by atoms with Crippen LogP contribution in [0.3, 0.4) is 0 Å². The van der Waals surface area contributed by atoms with E-state index in [1.165, 1.54) is 44.8 Å². The molecule has 8 nitrogen and oxygen atoms in total. The van der Waals surface area contributed by atoms with E-state index in [0.717, 1.165) is 10.7 Å². The Bertz CT molecular complexity index is 1160. The van der Waals surface area contributed by atoms with Crippen LogP contribution >= 0.6 is 23.1 Å². The molecule has 0 amide bonds. The lowest BCUT2D eigenvalue weighted by atomic mass is 10.1. The number of thioether (sulfide) groups is 1. The molecule has 0 bridgehead atoms. The third-order valence-corrected chi connectivity index (χ3v) is 5.94. The molecule has 0 aliphatic rings. The molecule has 26 heavy (non-hydrogen) atoms. The maximum absolute atomic E-state index is 12.0. The lowest BCUT2D eigenvalue weighted by Gasteiger charge is -2.06. The molecule has 3 heterocycles. The highest BCUT2D eigenvalue weighted by molar-refractivity contribution is 7.98. The van der Waals surface area contributed by atoms with Crippen LogP contribution in [0.4, 0.5) is 0 Å². The first-order valence-electron chi connectivity index (χ1n) is 7.86. The summed E-state index contributed by atoms with van der Waals surface area (Å²) in [6, 6.07) is 7.57. The first-order chi connectivity index (χ1) is 12.5. The summed E-state index contributed by atoms with van der Waals surface area (Å²) < 4.78 is 3.04. The average molecular weight is 385 g/mol. The van der Waals surface area contributed by atoms with Gasteiger partial charge in [0.15, 0.2) is 0 Å². The van der Waals surface area contributed by atoms with Crippen LogP contribution in [0.15, 0.2) is 34.2 Å². The van der Waals surface area contributed by atoms with Gasteiger partial charge < -0.3 is 0 Å². The van der Waals surface area contributed by atoms with Gasteiger partial charge in [0.1, 0.15) is 5.01 Å². The number of hydrogen-bond donors (Lipinski definition) is 0. The molecule has 0 N–H and O–H groups in total. The van der Waals surface area contributed by atoms with E-state index in [0.29, 0.717) is 21.6 Å². The minimum atomic E-state index is -0.167. The van der Waals surface area contributed by atoms with Crippen LogP contribution in [0.1, 0.15) is 21.8 Å². The highest BCUT2D eigenvalue weighted by atomic mass is 32.2. The van der Waals surface area contributed by atoms with Crippen LogP contribution in [-0.4, -0.2) is 34.8 Å². The number of hydrogen-bond acceptors (Lipinski definition) is 8. The smallest absolute Gasteiger partial charge is 0.267 e. The van der Waals surface area contributed by atoms with Gasteiger partial charge in [0.2, 0.25) is 10.1 Å². The Kier molecular flexibility index (Phi) is 4.29. The van der Waals surface area contributed by atoms with Crippen LogP contribution in [0.2, 0.25) is 0 Å². The third-order valence-electron chi connectivity index (χ3n) is 3.92. The zero-order chi connectivity index (χ0) is 18.3. The van der Waals surface area contributed by atoms with E-state index < -0.39 is 0 Å². The minimum absolute atomic E-state index is 0.167. The van der Waals surface area contributed by atoms with Gasteiger partial charge in [-0.25, -0.2) is 4.98 Å². The fourth-order valence-electron chi connectivity index (χ4n) is 2.43. The molecular formula is C16H15N7OS2. The summed E-state index contributed by atoms with van der Waals surface area (Å²) in [5, 5.41) is 17.8. The van der Waals surface area contributed by atoms with Crippen molar-refractivity contribution in [3.8, 4) is 5.69 Å². The first kappa shape index (κ1) is 16.9. The zero-order valence-corrected chi connectivity index (χ0v) is 16.0. The summed E-state index contributed by atoms with van der Waals surface area (Å²) in [4.78, 5) is 16.9. The van der Waals surface area contributed by atoms with E-state index in [1.54, 1.807) is 11.6 Å². The predicted molar refractivity (Wildman–Crippen MR) is 100 cm³/mol. The highest BCUT2D eigenvalue weighted by Crippen LogP contribution is 2.25. The molecule has 0 fully saturated rings. The molecule has 4 aromatic rings. The lowest BCUT2D eigenvalue weighted by Crippen LogP contribution is -2.14. The predicted octanol–water partition coefficient (Wildman–Crippen LogP) is 2.34. The molecule has 4 rings (SSSR count). The number of aromatic nitrogens is 7. The Balaban J connectivity index is 1.59. The Morgan fingerprint density at radius 1 is 1.15 bits per heavy atom. The summed E-state index contributed by atoms with van der Waals surface area (Å²) in [6.45, 7) is 5.93. The highest BCUT2D eigenvalue weighted by Gasteiger charge is 2.13. The van der Waals surface area contributed by atoms with Gasteiger partial charge in [0.25, 0.3) is 5.56 Å². The Hall–Kier alpha value is -2.59. The van der Waals surface area contributed by atoms with E-state index in [4.69, 9.17) is 0 Å². The molecule has 0 unspecified atom stereocenters. The number of benzene rings is 1. The second kappa shape index (κ2) is 6.61. The maximum atomic E-state index is 12.0. The van der Waals surface area contributed by atoms with Crippen molar-refractivity contribution in [3.63, 3.8) is 0 Å². The summed E-state index contributed by atoms with van der Waals surface area (Å²) in [5.41, 5.74) is 3.84. The van der Waals surface area contributed by atoms with Crippen molar-refractivity contribution in [1.29, 1.82) is 0 Å². The monoisotopic (exact) mass is 385 g/mol. The summed E-state index contributed by atoms with van der Waals surface area (Å²) in [5.74, 6) is 0.553. The molecule has 3 aromatic heterocycles. The van der Waals surface area contributed by atoms with E-state index in [-0.39, 0.29) is 5.56 Å². The number of tetrazole rings is 1. The molecule has 10 heteroatoms. The average Bonchev–Trinajstić information content (AvgIpc) is 3.22. The van der Waals surface area contributed by atoms with Gasteiger partial charge in [-0.2, -0.15) is 14.3 Å². The van der Waals surface area contributed by atoms with Crippen LogP contribution in [0, 0.1) is 20.8 Å². The molecule has 132 valence electrons. The molecule has 0 saturated heterocycles. The van der Waals surface area contributed by atoms with Crippen molar-refractivity contribution in [3.05, 3.63) is 56.4 Å². The molecule has 0 spiro atoms. The topological polar surface area (TPSA) is 90.9 Å².